The van der Waals surface area contributed by atoms with E-state index in [4.69, 9.17) is 11.6 Å². The third-order valence-corrected chi connectivity index (χ3v) is 4.71. The summed E-state index contributed by atoms with van der Waals surface area (Å²) in [6.45, 7) is 4.17. The molecular formula is C12H19ClN4OS. The molecule has 0 aliphatic carbocycles. The number of nitrogens with one attached hydrogen (secondary N) is 1. The molecule has 2 rings (SSSR count). The fraction of sp³-hybridized carbons (Fsp3) is 0.750. The van der Waals surface area contributed by atoms with Gasteiger partial charge in [-0.25, -0.2) is 4.79 Å². The summed E-state index contributed by atoms with van der Waals surface area (Å²) in [5.41, 5.74) is 0. The zero-order chi connectivity index (χ0) is 13.7. The molecule has 0 radical (unpaired) electrons. The van der Waals surface area contributed by atoms with Crippen LogP contribution in [0.15, 0.2) is 0 Å². The molecule has 2 heterocycles. The molecule has 0 aromatic carbocycles. The molecule has 0 saturated carbocycles. The lowest BCUT2D eigenvalue weighted by Crippen LogP contribution is -2.44. The zero-order valence-corrected chi connectivity index (χ0v) is 12.6. The van der Waals surface area contributed by atoms with Crippen molar-refractivity contribution in [2.24, 2.45) is 0 Å². The van der Waals surface area contributed by atoms with E-state index in [2.05, 4.69) is 22.4 Å². The summed E-state index contributed by atoms with van der Waals surface area (Å²) in [6.07, 6.45) is 2.87. The van der Waals surface area contributed by atoms with Crippen molar-refractivity contribution in [2.75, 3.05) is 25.5 Å². The lowest BCUT2D eigenvalue weighted by atomic mass is 9.98. The average molecular weight is 303 g/mol. The Bertz CT molecular complexity index is 418. The van der Waals surface area contributed by atoms with Gasteiger partial charge < -0.3 is 10.2 Å². The standard InChI is InChI=1S/C12H19ClN4OS/c1-2-10-15-16-11(19-10)9-3-7-17(8-4-9)12(18)14-6-5-13/h9H,2-8H2,1H3,(H,14,18). The molecule has 2 amide bonds. The Morgan fingerprint density at radius 3 is 2.79 bits per heavy atom. The second kappa shape index (κ2) is 7.05. The van der Waals surface area contributed by atoms with Crippen LogP contribution >= 0.6 is 22.9 Å². The molecule has 0 unspecified atom stereocenters. The van der Waals surface area contributed by atoms with E-state index in [1.54, 1.807) is 11.3 Å². The van der Waals surface area contributed by atoms with E-state index in [0.29, 0.717) is 18.3 Å². The molecule has 1 fully saturated rings. The van der Waals surface area contributed by atoms with Crippen molar-refractivity contribution in [3.8, 4) is 0 Å². The molecule has 5 nitrogen and oxygen atoms in total. The van der Waals surface area contributed by atoms with Crippen molar-refractivity contribution in [2.45, 2.75) is 32.1 Å². The van der Waals surface area contributed by atoms with Gasteiger partial charge in [0.15, 0.2) is 0 Å². The molecule has 7 heteroatoms. The van der Waals surface area contributed by atoms with E-state index in [1.165, 1.54) is 0 Å². The minimum Gasteiger partial charge on any atom is -0.337 e. The van der Waals surface area contributed by atoms with Gasteiger partial charge in [0.2, 0.25) is 0 Å². The predicted octanol–water partition coefficient (Wildman–Crippen LogP) is 2.23. The highest BCUT2D eigenvalue weighted by Crippen LogP contribution is 2.30. The number of halogens is 1. The highest BCUT2D eigenvalue weighted by molar-refractivity contribution is 7.11. The van der Waals surface area contributed by atoms with Gasteiger partial charge >= 0.3 is 6.03 Å². The van der Waals surface area contributed by atoms with Crippen molar-refractivity contribution < 1.29 is 4.79 Å². The first-order valence-electron chi connectivity index (χ1n) is 6.65. The summed E-state index contributed by atoms with van der Waals surface area (Å²) < 4.78 is 0. The number of aryl methyl sites for hydroxylation is 1. The first-order chi connectivity index (χ1) is 9.24. The number of piperidine rings is 1. The zero-order valence-electron chi connectivity index (χ0n) is 11.1. The summed E-state index contributed by atoms with van der Waals surface area (Å²) in [6, 6.07) is -0.00869. The molecule has 0 atom stereocenters. The molecule has 19 heavy (non-hydrogen) atoms. The Morgan fingerprint density at radius 2 is 2.21 bits per heavy atom. The Kier molecular flexibility index (Phi) is 5.39. The number of likely N-dealkylation sites (tertiary alicyclic amines) is 1. The molecule has 106 valence electrons. The van der Waals surface area contributed by atoms with Crippen LogP contribution in [0.25, 0.3) is 0 Å². The van der Waals surface area contributed by atoms with Crippen molar-refractivity contribution in [3.05, 3.63) is 10.0 Å². The van der Waals surface area contributed by atoms with Gasteiger partial charge in [0.1, 0.15) is 10.0 Å². The van der Waals surface area contributed by atoms with Crippen molar-refractivity contribution in [1.82, 2.24) is 20.4 Å². The third-order valence-electron chi connectivity index (χ3n) is 3.29. The van der Waals surface area contributed by atoms with Gasteiger partial charge in [-0.2, -0.15) is 0 Å². The summed E-state index contributed by atoms with van der Waals surface area (Å²) in [7, 11) is 0. The minimum absolute atomic E-state index is 0.00869. The fourth-order valence-corrected chi connectivity index (χ4v) is 3.22. The molecule has 1 aliphatic heterocycles. The number of rotatable bonds is 4. The summed E-state index contributed by atoms with van der Waals surface area (Å²) in [5.74, 6) is 0.905. The maximum Gasteiger partial charge on any atom is 0.317 e. The van der Waals surface area contributed by atoms with Gasteiger partial charge in [0.05, 0.1) is 0 Å². The van der Waals surface area contributed by atoms with Crippen molar-refractivity contribution in [1.29, 1.82) is 0 Å². The Morgan fingerprint density at radius 1 is 1.47 bits per heavy atom. The third kappa shape index (κ3) is 3.79. The highest BCUT2D eigenvalue weighted by Gasteiger charge is 2.25. The fourth-order valence-electron chi connectivity index (χ4n) is 2.17. The Hall–Kier alpha value is -0.880. The maximum atomic E-state index is 11.8. The van der Waals surface area contributed by atoms with Crippen LogP contribution in [0.1, 0.15) is 35.7 Å². The van der Waals surface area contributed by atoms with Gasteiger partial charge in [-0.15, -0.1) is 33.1 Å². The van der Waals surface area contributed by atoms with E-state index in [1.807, 2.05) is 4.90 Å². The van der Waals surface area contributed by atoms with Crippen LogP contribution in [-0.4, -0.2) is 46.6 Å². The van der Waals surface area contributed by atoms with Crippen molar-refractivity contribution in [3.63, 3.8) is 0 Å². The van der Waals surface area contributed by atoms with Gasteiger partial charge in [-0.05, 0) is 19.3 Å². The number of carbonyl (C=O) groups excluding carboxylic acids is 1. The van der Waals surface area contributed by atoms with Crippen LogP contribution in [0, 0.1) is 0 Å². The molecule has 1 aromatic heterocycles. The second-order valence-electron chi connectivity index (χ2n) is 4.57. The highest BCUT2D eigenvalue weighted by atomic mass is 35.5. The maximum absolute atomic E-state index is 11.8. The lowest BCUT2D eigenvalue weighted by Gasteiger charge is -2.30. The van der Waals surface area contributed by atoms with Crippen LogP contribution in [0.2, 0.25) is 0 Å². The van der Waals surface area contributed by atoms with Crippen LogP contribution in [0.3, 0.4) is 0 Å². The molecule has 1 saturated heterocycles. The number of urea groups is 1. The second-order valence-corrected chi connectivity index (χ2v) is 6.04. The SMILES string of the molecule is CCc1nnc(C2CCN(C(=O)NCCCl)CC2)s1. The van der Waals surface area contributed by atoms with E-state index in [0.717, 1.165) is 42.4 Å². The van der Waals surface area contributed by atoms with Crippen LogP contribution in [0.4, 0.5) is 4.79 Å². The first-order valence-corrected chi connectivity index (χ1v) is 8.00. The van der Waals surface area contributed by atoms with Crippen molar-refractivity contribution >= 4 is 29.0 Å². The van der Waals surface area contributed by atoms with E-state index in [-0.39, 0.29) is 6.03 Å². The first kappa shape index (κ1) is 14.5. The summed E-state index contributed by atoms with van der Waals surface area (Å²) in [5, 5.41) is 13.4. The van der Waals surface area contributed by atoms with Gasteiger partial charge in [0, 0.05) is 31.4 Å². The van der Waals surface area contributed by atoms with Gasteiger partial charge in [0.25, 0.3) is 0 Å². The molecule has 0 bridgehead atoms. The predicted molar refractivity (Wildman–Crippen MR) is 77.0 cm³/mol. The van der Waals surface area contributed by atoms with Crippen LogP contribution in [-0.2, 0) is 6.42 Å². The molecule has 1 aromatic rings. The normalized spacial score (nSPS) is 16.6. The largest absolute Gasteiger partial charge is 0.337 e. The van der Waals surface area contributed by atoms with Crippen LogP contribution in [0.5, 0.6) is 0 Å². The Labute approximate surface area is 122 Å². The molecular weight excluding hydrogens is 284 g/mol. The number of hydrogen-bond donors (Lipinski definition) is 1. The lowest BCUT2D eigenvalue weighted by molar-refractivity contribution is 0.182. The van der Waals surface area contributed by atoms with Gasteiger partial charge in [-0.1, -0.05) is 6.92 Å². The number of hydrogen-bond acceptors (Lipinski definition) is 4. The number of carbonyl (C=O) groups is 1. The number of amides is 2. The Balaban J connectivity index is 1.83. The monoisotopic (exact) mass is 302 g/mol. The van der Waals surface area contributed by atoms with E-state index >= 15 is 0 Å². The number of alkyl halides is 1. The molecule has 1 aliphatic rings. The number of nitrogens with zero attached hydrogens (tertiary/aromatic N) is 3. The average Bonchev–Trinajstić information content (AvgIpc) is 2.94. The smallest absolute Gasteiger partial charge is 0.317 e. The summed E-state index contributed by atoms with van der Waals surface area (Å²) in [4.78, 5) is 13.6. The quantitative estimate of drug-likeness (QED) is 0.868. The topological polar surface area (TPSA) is 58.1 Å². The number of aromatic nitrogens is 2. The summed E-state index contributed by atoms with van der Waals surface area (Å²) >= 11 is 7.26. The van der Waals surface area contributed by atoms with E-state index in [9.17, 15) is 4.79 Å². The minimum atomic E-state index is -0.00869. The van der Waals surface area contributed by atoms with E-state index < -0.39 is 0 Å². The van der Waals surface area contributed by atoms with Gasteiger partial charge in [-0.3, -0.25) is 0 Å². The van der Waals surface area contributed by atoms with Crippen LogP contribution < -0.4 is 5.32 Å². The molecule has 0 spiro atoms. The molecule has 1 N–H and O–H groups in total.